The van der Waals surface area contributed by atoms with Crippen LogP contribution in [0.1, 0.15) is 26.4 Å². The fraction of sp³-hybridized carbons (Fsp3) is 0.241. The number of halogens is 2. The Labute approximate surface area is 219 Å². The molecule has 0 spiro atoms. The van der Waals surface area contributed by atoms with Crippen LogP contribution < -0.4 is 10.6 Å². The van der Waals surface area contributed by atoms with Crippen LogP contribution in [-0.4, -0.2) is 60.7 Å². The summed E-state index contributed by atoms with van der Waals surface area (Å²) >= 11 is 0. The summed E-state index contributed by atoms with van der Waals surface area (Å²) in [4.78, 5) is 28.1. The monoisotopic (exact) mass is 518 g/mol. The molecule has 1 aliphatic rings. The van der Waals surface area contributed by atoms with Gasteiger partial charge in [-0.1, -0.05) is 18.2 Å². The summed E-state index contributed by atoms with van der Waals surface area (Å²) < 4.78 is 34.3. The molecule has 1 aliphatic heterocycles. The van der Waals surface area contributed by atoms with Crippen molar-refractivity contribution in [1.29, 1.82) is 0 Å². The van der Waals surface area contributed by atoms with Crippen molar-refractivity contribution >= 4 is 28.4 Å². The second-order valence-electron chi connectivity index (χ2n) is 9.19. The Balaban J connectivity index is 1.39. The summed E-state index contributed by atoms with van der Waals surface area (Å²) in [5.74, 6) is -1.47. The molecule has 0 bridgehead atoms. The molecule has 2 heterocycles. The van der Waals surface area contributed by atoms with E-state index in [0.29, 0.717) is 37.7 Å². The Kier molecular flexibility index (Phi) is 7.76. The highest BCUT2D eigenvalue weighted by atomic mass is 19.1. The van der Waals surface area contributed by atoms with Crippen molar-refractivity contribution in [3.63, 3.8) is 0 Å². The van der Waals surface area contributed by atoms with Gasteiger partial charge < -0.3 is 19.9 Å². The number of amides is 2. The van der Waals surface area contributed by atoms with E-state index >= 15 is 0 Å². The number of benzene rings is 3. The Bertz CT molecular complexity index is 1450. The van der Waals surface area contributed by atoms with E-state index in [1.54, 1.807) is 30.3 Å². The predicted molar refractivity (Wildman–Crippen MR) is 141 cm³/mol. The number of carbonyl (C=O) groups excluding carboxylic acids is 2. The van der Waals surface area contributed by atoms with Gasteiger partial charge in [-0.2, -0.15) is 0 Å². The number of nitrogens with zero attached hydrogens (tertiary/aromatic N) is 2. The van der Waals surface area contributed by atoms with E-state index in [2.05, 4.69) is 15.5 Å². The van der Waals surface area contributed by atoms with Crippen LogP contribution in [-0.2, 0) is 11.3 Å². The van der Waals surface area contributed by atoms with Crippen LogP contribution in [0.15, 0.2) is 72.8 Å². The highest BCUT2D eigenvalue weighted by molar-refractivity contribution is 6.06. The van der Waals surface area contributed by atoms with Crippen LogP contribution in [0.2, 0.25) is 0 Å². The van der Waals surface area contributed by atoms with Crippen molar-refractivity contribution in [3.8, 4) is 0 Å². The molecule has 38 heavy (non-hydrogen) atoms. The largest absolute Gasteiger partial charge is 0.379 e. The van der Waals surface area contributed by atoms with E-state index in [9.17, 15) is 18.4 Å². The first kappa shape index (κ1) is 25.6. The average molecular weight is 519 g/mol. The lowest BCUT2D eigenvalue weighted by Gasteiger charge is -2.26. The highest BCUT2D eigenvalue weighted by Crippen LogP contribution is 2.25. The molecule has 4 aromatic rings. The van der Waals surface area contributed by atoms with Crippen LogP contribution in [0, 0.1) is 11.6 Å². The first-order valence-electron chi connectivity index (χ1n) is 12.5. The minimum atomic E-state index is -0.491. The first-order chi connectivity index (χ1) is 18.5. The minimum Gasteiger partial charge on any atom is -0.379 e. The van der Waals surface area contributed by atoms with Gasteiger partial charge in [0.25, 0.3) is 11.8 Å². The number of fused-ring (bicyclic) bond motifs is 1. The number of morpholine rings is 1. The molecular formula is C29H28F2N4O3. The standard InChI is InChI=1S/C29H28F2N4O3/c30-23-6-4-20(5-7-23)19-35-26-9-8-25(33-28(36)21-2-1-3-24(31)16-21)17-22(26)18-27(35)29(37)32-10-11-34-12-14-38-15-13-34/h1-9,16-18H,10-15,19H2,(H,32,37)(H,33,36). The maximum Gasteiger partial charge on any atom is 0.267 e. The Morgan fingerprint density at radius 3 is 2.42 bits per heavy atom. The topological polar surface area (TPSA) is 75.6 Å². The number of carbonyl (C=O) groups is 2. The second-order valence-corrected chi connectivity index (χ2v) is 9.19. The highest BCUT2D eigenvalue weighted by Gasteiger charge is 2.18. The van der Waals surface area contributed by atoms with Gasteiger partial charge in [-0.25, -0.2) is 8.78 Å². The molecule has 0 aliphatic carbocycles. The Hall–Kier alpha value is -4.08. The third-order valence-corrected chi connectivity index (χ3v) is 6.55. The smallest absolute Gasteiger partial charge is 0.267 e. The van der Waals surface area contributed by atoms with Crippen molar-refractivity contribution in [3.05, 3.63) is 101 Å². The number of ether oxygens (including phenoxy) is 1. The molecule has 9 heteroatoms. The van der Waals surface area contributed by atoms with Gasteiger partial charge in [-0.15, -0.1) is 0 Å². The van der Waals surface area contributed by atoms with Crippen LogP contribution in [0.4, 0.5) is 14.5 Å². The van der Waals surface area contributed by atoms with Crippen molar-refractivity contribution in [2.75, 3.05) is 44.7 Å². The van der Waals surface area contributed by atoms with Gasteiger partial charge in [-0.3, -0.25) is 14.5 Å². The lowest BCUT2D eigenvalue weighted by Crippen LogP contribution is -2.41. The number of hydrogen-bond acceptors (Lipinski definition) is 4. The number of hydrogen-bond donors (Lipinski definition) is 2. The summed E-state index contributed by atoms with van der Waals surface area (Å²) in [6.45, 7) is 4.64. The molecule has 0 unspecified atom stereocenters. The van der Waals surface area contributed by atoms with Gasteiger partial charge >= 0.3 is 0 Å². The Morgan fingerprint density at radius 1 is 0.868 bits per heavy atom. The summed E-state index contributed by atoms with van der Waals surface area (Å²) in [5, 5.41) is 6.55. The van der Waals surface area contributed by atoms with Crippen molar-refractivity contribution < 1.29 is 23.1 Å². The molecule has 0 saturated carbocycles. The average Bonchev–Trinajstić information content (AvgIpc) is 3.28. The molecule has 1 saturated heterocycles. The molecule has 7 nitrogen and oxygen atoms in total. The third-order valence-electron chi connectivity index (χ3n) is 6.55. The second kappa shape index (κ2) is 11.5. The summed E-state index contributed by atoms with van der Waals surface area (Å²) in [6, 6.07) is 18.7. The molecule has 0 atom stereocenters. The molecule has 196 valence electrons. The van der Waals surface area contributed by atoms with Gasteiger partial charge in [0.05, 0.1) is 13.2 Å². The van der Waals surface area contributed by atoms with Crippen LogP contribution in [0.5, 0.6) is 0 Å². The van der Waals surface area contributed by atoms with E-state index in [1.807, 2.05) is 10.6 Å². The van der Waals surface area contributed by atoms with Gasteiger partial charge in [0.1, 0.15) is 17.3 Å². The summed E-state index contributed by atoms with van der Waals surface area (Å²) in [5.41, 5.74) is 2.82. The summed E-state index contributed by atoms with van der Waals surface area (Å²) in [6.07, 6.45) is 0. The minimum absolute atomic E-state index is 0.208. The first-order valence-corrected chi connectivity index (χ1v) is 12.5. The lowest BCUT2D eigenvalue weighted by atomic mass is 10.2. The quantitative estimate of drug-likeness (QED) is 0.365. The zero-order chi connectivity index (χ0) is 26.5. The van der Waals surface area contributed by atoms with Crippen molar-refractivity contribution in [2.24, 2.45) is 0 Å². The van der Waals surface area contributed by atoms with Crippen LogP contribution in [0.25, 0.3) is 10.9 Å². The zero-order valence-electron chi connectivity index (χ0n) is 20.8. The molecule has 1 fully saturated rings. The predicted octanol–water partition coefficient (Wildman–Crippen LogP) is 4.28. The fourth-order valence-corrected chi connectivity index (χ4v) is 4.56. The molecule has 1 aromatic heterocycles. The molecular weight excluding hydrogens is 490 g/mol. The molecule has 5 rings (SSSR count). The van der Waals surface area contributed by atoms with E-state index in [1.165, 1.54) is 36.4 Å². The molecule has 2 N–H and O–H groups in total. The number of aromatic nitrogens is 1. The van der Waals surface area contributed by atoms with E-state index in [0.717, 1.165) is 36.1 Å². The number of rotatable bonds is 8. The normalized spacial score (nSPS) is 13.9. The zero-order valence-corrected chi connectivity index (χ0v) is 20.8. The lowest BCUT2D eigenvalue weighted by molar-refractivity contribution is 0.0383. The van der Waals surface area contributed by atoms with Crippen LogP contribution >= 0.6 is 0 Å². The molecule has 3 aromatic carbocycles. The Morgan fingerprint density at radius 2 is 1.66 bits per heavy atom. The van der Waals surface area contributed by atoms with E-state index < -0.39 is 11.7 Å². The molecule has 2 amide bonds. The van der Waals surface area contributed by atoms with Crippen molar-refractivity contribution in [2.45, 2.75) is 6.54 Å². The molecule has 0 radical (unpaired) electrons. The van der Waals surface area contributed by atoms with Gasteiger partial charge in [0.15, 0.2) is 0 Å². The van der Waals surface area contributed by atoms with Gasteiger partial charge in [0, 0.05) is 54.9 Å². The van der Waals surface area contributed by atoms with Crippen molar-refractivity contribution in [1.82, 2.24) is 14.8 Å². The fourth-order valence-electron chi connectivity index (χ4n) is 4.56. The maximum absolute atomic E-state index is 13.5. The van der Waals surface area contributed by atoms with E-state index in [4.69, 9.17) is 4.74 Å². The van der Waals surface area contributed by atoms with E-state index in [-0.39, 0.29) is 17.3 Å². The SMILES string of the molecule is O=C(Nc1ccc2c(c1)cc(C(=O)NCCN1CCOCC1)n2Cc1ccc(F)cc1)c1cccc(F)c1. The maximum atomic E-state index is 13.5. The number of nitrogens with one attached hydrogen (secondary N) is 2. The third kappa shape index (κ3) is 6.07. The summed E-state index contributed by atoms with van der Waals surface area (Å²) in [7, 11) is 0. The van der Waals surface area contributed by atoms with Crippen LogP contribution in [0.3, 0.4) is 0 Å². The van der Waals surface area contributed by atoms with Gasteiger partial charge in [-0.05, 0) is 60.2 Å². The number of anilines is 1. The van der Waals surface area contributed by atoms with Gasteiger partial charge in [0.2, 0.25) is 0 Å².